The summed E-state index contributed by atoms with van der Waals surface area (Å²) in [4.78, 5) is 7.88. The van der Waals surface area contributed by atoms with E-state index >= 15 is 0 Å². The molecular weight excluding hydrogens is 328 g/mol. The molecular formula is C16H22N4O3S. The molecule has 0 unspecified atom stereocenters. The highest BCUT2D eigenvalue weighted by Gasteiger charge is 2.35. The van der Waals surface area contributed by atoms with Crippen LogP contribution in [0.25, 0.3) is 11.5 Å². The van der Waals surface area contributed by atoms with E-state index in [9.17, 15) is 8.42 Å². The molecule has 2 aromatic heterocycles. The summed E-state index contributed by atoms with van der Waals surface area (Å²) < 4.78 is 33.4. The lowest BCUT2D eigenvalue weighted by Crippen LogP contribution is -2.36. The van der Waals surface area contributed by atoms with E-state index in [1.165, 1.54) is 0 Å². The number of piperidine rings is 1. The highest BCUT2D eigenvalue weighted by molar-refractivity contribution is 7.89. The van der Waals surface area contributed by atoms with Gasteiger partial charge >= 0.3 is 0 Å². The summed E-state index contributed by atoms with van der Waals surface area (Å²) in [6.45, 7) is 4.77. The van der Waals surface area contributed by atoms with Crippen molar-refractivity contribution in [2.45, 2.75) is 56.8 Å². The maximum absolute atomic E-state index is 13.2. The number of H-pyrrole nitrogens is 1. The van der Waals surface area contributed by atoms with Crippen LogP contribution in [0, 0.1) is 13.8 Å². The summed E-state index contributed by atoms with van der Waals surface area (Å²) in [7, 11) is -3.57. The Kier molecular flexibility index (Phi) is 3.76. The van der Waals surface area contributed by atoms with Crippen molar-refractivity contribution < 1.29 is 12.9 Å². The molecule has 8 heteroatoms. The minimum absolute atomic E-state index is 0.285. The zero-order valence-corrected chi connectivity index (χ0v) is 14.8. The maximum atomic E-state index is 13.2. The average Bonchev–Trinajstić information content (AvgIpc) is 3.22. The first-order valence-electron chi connectivity index (χ1n) is 8.52. The Labute approximate surface area is 141 Å². The molecule has 24 heavy (non-hydrogen) atoms. The summed E-state index contributed by atoms with van der Waals surface area (Å²) in [5.74, 6) is 1.35. The van der Waals surface area contributed by atoms with E-state index in [0.717, 1.165) is 37.8 Å². The lowest BCUT2D eigenvalue weighted by molar-refractivity contribution is 0.346. The normalized spacial score (nSPS) is 19.8. The van der Waals surface area contributed by atoms with Gasteiger partial charge in [-0.1, -0.05) is 11.6 Å². The predicted octanol–water partition coefficient (Wildman–Crippen LogP) is 2.73. The quantitative estimate of drug-likeness (QED) is 0.915. The molecule has 1 N–H and O–H groups in total. The minimum atomic E-state index is -3.57. The van der Waals surface area contributed by atoms with Gasteiger partial charge in [0.2, 0.25) is 10.0 Å². The summed E-state index contributed by atoms with van der Waals surface area (Å²) in [5, 5.41) is 4.03. The minimum Gasteiger partial charge on any atom is -0.361 e. The topological polar surface area (TPSA) is 92.1 Å². The van der Waals surface area contributed by atoms with Crippen LogP contribution in [0.2, 0.25) is 0 Å². The second kappa shape index (κ2) is 5.70. The molecule has 0 amide bonds. The van der Waals surface area contributed by atoms with Gasteiger partial charge in [0.1, 0.15) is 4.90 Å². The van der Waals surface area contributed by atoms with Crippen molar-refractivity contribution in [2.24, 2.45) is 0 Å². The largest absolute Gasteiger partial charge is 0.361 e. The fraction of sp³-hybridized carbons (Fsp3) is 0.625. The van der Waals surface area contributed by atoms with Crippen LogP contribution in [0.4, 0.5) is 0 Å². The van der Waals surface area contributed by atoms with Crippen molar-refractivity contribution >= 4 is 10.0 Å². The second-order valence-electron chi connectivity index (χ2n) is 6.78. The van der Waals surface area contributed by atoms with E-state index in [0.29, 0.717) is 42.0 Å². The molecule has 1 aliphatic carbocycles. The van der Waals surface area contributed by atoms with Gasteiger partial charge in [0, 0.05) is 30.4 Å². The Morgan fingerprint density at radius 2 is 1.83 bits per heavy atom. The monoisotopic (exact) mass is 350 g/mol. The molecule has 4 rings (SSSR count). The molecule has 0 aromatic carbocycles. The summed E-state index contributed by atoms with van der Waals surface area (Å²) in [6, 6.07) is 0. The van der Waals surface area contributed by atoms with Crippen LogP contribution >= 0.6 is 0 Å². The Bertz CT molecular complexity index is 858. The zero-order chi connectivity index (χ0) is 16.9. The Hall–Kier alpha value is -1.67. The fourth-order valence-electron chi connectivity index (χ4n) is 3.42. The van der Waals surface area contributed by atoms with Crippen molar-refractivity contribution in [2.75, 3.05) is 13.1 Å². The van der Waals surface area contributed by atoms with Crippen LogP contribution in [0.1, 0.15) is 55.2 Å². The first kappa shape index (κ1) is 15.8. The molecule has 2 fully saturated rings. The summed E-state index contributed by atoms with van der Waals surface area (Å²) in [5.41, 5.74) is 1.89. The molecule has 1 saturated carbocycles. The van der Waals surface area contributed by atoms with Gasteiger partial charge in [-0.25, -0.2) is 8.42 Å². The van der Waals surface area contributed by atoms with Crippen LogP contribution in [0.15, 0.2) is 9.42 Å². The molecule has 2 aromatic rings. The van der Waals surface area contributed by atoms with Crippen molar-refractivity contribution in [3.05, 3.63) is 17.2 Å². The molecule has 0 atom stereocenters. The number of aromatic amines is 1. The molecule has 2 aliphatic rings. The second-order valence-corrected chi connectivity index (χ2v) is 8.65. The number of hydrogen-bond acceptors (Lipinski definition) is 5. The molecule has 3 heterocycles. The van der Waals surface area contributed by atoms with Gasteiger partial charge in [0.15, 0.2) is 5.82 Å². The van der Waals surface area contributed by atoms with Crippen molar-refractivity contribution in [3.63, 3.8) is 0 Å². The van der Waals surface area contributed by atoms with E-state index in [4.69, 9.17) is 4.52 Å². The molecule has 0 spiro atoms. The van der Waals surface area contributed by atoms with Crippen molar-refractivity contribution in [3.8, 4) is 11.5 Å². The van der Waals surface area contributed by atoms with Gasteiger partial charge in [0.25, 0.3) is 5.89 Å². The van der Waals surface area contributed by atoms with E-state index < -0.39 is 10.0 Å². The molecule has 1 aliphatic heterocycles. The van der Waals surface area contributed by atoms with E-state index in [1.807, 2.05) is 6.92 Å². The number of sulfonamides is 1. The first-order valence-corrected chi connectivity index (χ1v) is 9.96. The third kappa shape index (κ3) is 2.57. The summed E-state index contributed by atoms with van der Waals surface area (Å²) >= 11 is 0. The molecule has 0 radical (unpaired) electrons. The van der Waals surface area contributed by atoms with Gasteiger partial charge in [-0.15, -0.1) is 0 Å². The van der Waals surface area contributed by atoms with E-state index in [1.54, 1.807) is 11.2 Å². The van der Waals surface area contributed by atoms with E-state index in [-0.39, 0.29) is 4.90 Å². The highest BCUT2D eigenvalue weighted by Crippen LogP contribution is 2.40. The molecule has 130 valence electrons. The number of nitrogens with one attached hydrogen (secondary N) is 1. The van der Waals surface area contributed by atoms with Gasteiger partial charge in [-0.05, 0) is 39.5 Å². The number of aromatic nitrogens is 3. The van der Waals surface area contributed by atoms with Gasteiger partial charge < -0.3 is 9.51 Å². The number of aryl methyl sites for hydroxylation is 2. The lowest BCUT2D eigenvalue weighted by atomic mass is 10.2. The van der Waals surface area contributed by atoms with Crippen molar-refractivity contribution in [1.29, 1.82) is 0 Å². The number of nitrogens with zero attached hydrogens (tertiary/aromatic N) is 3. The Morgan fingerprint density at radius 1 is 1.12 bits per heavy atom. The predicted molar refractivity (Wildman–Crippen MR) is 88.1 cm³/mol. The third-order valence-electron chi connectivity index (χ3n) is 4.83. The highest BCUT2D eigenvalue weighted by atomic mass is 32.2. The van der Waals surface area contributed by atoms with Crippen LogP contribution in [-0.4, -0.2) is 40.9 Å². The SMILES string of the molecule is Cc1[nH]c(C)c(S(=O)(=O)N2CCCCC2)c1-c1nc(C2CC2)no1. The zero-order valence-electron chi connectivity index (χ0n) is 14.0. The number of rotatable bonds is 4. The average molecular weight is 350 g/mol. The van der Waals surface area contributed by atoms with Gasteiger partial charge in [-0.3, -0.25) is 0 Å². The van der Waals surface area contributed by atoms with Crippen LogP contribution in [0.5, 0.6) is 0 Å². The molecule has 0 bridgehead atoms. The lowest BCUT2D eigenvalue weighted by Gasteiger charge is -2.26. The molecule has 7 nitrogen and oxygen atoms in total. The Morgan fingerprint density at radius 3 is 2.50 bits per heavy atom. The first-order chi connectivity index (χ1) is 11.5. The standard InChI is InChI=1S/C16H22N4O3S/c1-10-13(16-18-15(19-23-16)12-6-7-12)14(11(2)17-10)24(21,22)20-8-4-3-5-9-20/h12,17H,3-9H2,1-2H3. The van der Waals surface area contributed by atoms with Crippen molar-refractivity contribution in [1.82, 2.24) is 19.4 Å². The molecule has 1 saturated heterocycles. The third-order valence-corrected chi connectivity index (χ3v) is 6.90. The van der Waals surface area contributed by atoms with Crippen LogP contribution in [0.3, 0.4) is 0 Å². The Balaban J connectivity index is 1.80. The van der Waals surface area contributed by atoms with Gasteiger partial charge in [-0.2, -0.15) is 9.29 Å². The van der Waals surface area contributed by atoms with E-state index in [2.05, 4.69) is 15.1 Å². The van der Waals surface area contributed by atoms with Crippen LogP contribution < -0.4 is 0 Å². The number of hydrogen-bond donors (Lipinski definition) is 1. The fourth-order valence-corrected chi connectivity index (χ4v) is 5.35. The van der Waals surface area contributed by atoms with Crippen LogP contribution in [-0.2, 0) is 10.0 Å². The van der Waals surface area contributed by atoms with Gasteiger partial charge in [0.05, 0.1) is 5.56 Å². The maximum Gasteiger partial charge on any atom is 0.261 e. The smallest absolute Gasteiger partial charge is 0.261 e. The summed E-state index contributed by atoms with van der Waals surface area (Å²) in [6.07, 6.45) is 5.04.